The van der Waals surface area contributed by atoms with Crippen molar-refractivity contribution in [3.05, 3.63) is 34.0 Å². The van der Waals surface area contributed by atoms with Crippen LogP contribution in [0.4, 0.5) is 0 Å². The molecule has 0 aromatic carbocycles. The van der Waals surface area contributed by atoms with Crippen LogP contribution in [-0.4, -0.2) is 24.0 Å². The molecule has 0 radical (unpaired) electrons. The lowest BCUT2D eigenvalue weighted by Gasteiger charge is -2.17. The van der Waals surface area contributed by atoms with E-state index in [4.69, 9.17) is 0 Å². The lowest BCUT2D eigenvalue weighted by molar-refractivity contribution is 0.311. The van der Waals surface area contributed by atoms with Crippen molar-refractivity contribution < 1.29 is 0 Å². The molecule has 0 amide bonds. The molecule has 0 aliphatic rings. The molecule has 0 unspecified atom stereocenters. The summed E-state index contributed by atoms with van der Waals surface area (Å²) in [7, 11) is 0. The summed E-state index contributed by atoms with van der Waals surface area (Å²) in [6.07, 6.45) is 1.98. The predicted molar refractivity (Wildman–Crippen MR) is 82.2 cm³/mol. The summed E-state index contributed by atoms with van der Waals surface area (Å²) in [5, 5.41) is 3.48. The van der Waals surface area contributed by atoms with Gasteiger partial charge in [-0.3, -0.25) is 4.90 Å². The SMILES string of the molecule is C=CCN(CC)Cc1cc(CNC(C)C)sc1C. The van der Waals surface area contributed by atoms with Crippen LogP contribution >= 0.6 is 11.3 Å². The molecule has 1 heterocycles. The number of nitrogens with one attached hydrogen (secondary N) is 1. The quantitative estimate of drug-likeness (QED) is 0.724. The molecule has 0 fully saturated rings. The minimum absolute atomic E-state index is 0.545. The molecule has 1 aromatic rings. The molecule has 102 valence electrons. The zero-order chi connectivity index (χ0) is 13.5. The zero-order valence-electron chi connectivity index (χ0n) is 12.1. The van der Waals surface area contributed by atoms with Crippen LogP contribution in [0.1, 0.15) is 36.1 Å². The van der Waals surface area contributed by atoms with Crippen LogP contribution in [0, 0.1) is 6.92 Å². The van der Waals surface area contributed by atoms with E-state index in [1.54, 1.807) is 0 Å². The molecule has 0 aliphatic heterocycles. The Morgan fingerprint density at radius 1 is 1.50 bits per heavy atom. The molecule has 1 N–H and O–H groups in total. The largest absolute Gasteiger partial charge is 0.310 e. The molecule has 1 rings (SSSR count). The van der Waals surface area contributed by atoms with Crippen LogP contribution in [0.15, 0.2) is 18.7 Å². The smallest absolute Gasteiger partial charge is 0.0302 e. The fourth-order valence-electron chi connectivity index (χ4n) is 1.87. The van der Waals surface area contributed by atoms with Gasteiger partial charge in [-0.15, -0.1) is 17.9 Å². The third-order valence-corrected chi connectivity index (χ3v) is 4.08. The molecule has 2 nitrogen and oxygen atoms in total. The van der Waals surface area contributed by atoms with Crippen molar-refractivity contribution in [2.24, 2.45) is 0 Å². The van der Waals surface area contributed by atoms with E-state index in [2.05, 4.69) is 50.6 Å². The van der Waals surface area contributed by atoms with Crippen molar-refractivity contribution in [2.75, 3.05) is 13.1 Å². The summed E-state index contributed by atoms with van der Waals surface area (Å²) in [4.78, 5) is 5.28. The number of hydrogen-bond acceptors (Lipinski definition) is 3. The molecule has 18 heavy (non-hydrogen) atoms. The number of likely N-dealkylation sites (N-methyl/N-ethyl adjacent to an activating group) is 1. The van der Waals surface area contributed by atoms with Crippen LogP contribution in [0.5, 0.6) is 0 Å². The Morgan fingerprint density at radius 3 is 2.78 bits per heavy atom. The van der Waals surface area contributed by atoms with Gasteiger partial charge in [0.15, 0.2) is 0 Å². The Hall–Kier alpha value is -0.640. The van der Waals surface area contributed by atoms with E-state index >= 15 is 0 Å². The van der Waals surface area contributed by atoms with E-state index in [9.17, 15) is 0 Å². The molecule has 1 aromatic heterocycles. The monoisotopic (exact) mass is 266 g/mol. The van der Waals surface area contributed by atoms with E-state index < -0.39 is 0 Å². The standard InChI is InChI=1S/C15H26N2S/c1-6-8-17(7-2)11-14-9-15(18-13(14)5)10-16-12(3)4/h6,9,12,16H,1,7-8,10-11H2,2-5H3. The number of hydrogen-bond donors (Lipinski definition) is 1. The number of nitrogens with zero attached hydrogens (tertiary/aromatic N) is 1. The van der Waals surface area contributed by atoms with E-state index in [0.29, 0.717) is 6.04 Å². The van der Waals surface area contributed by atoms with Crippen LogP contribution in [0.3, 0.4) is 0 Å². The molecular weight excluding hydrogens is 240 g/mol. The van der Waals surface area contributed by atoms with Gasteiger partial charge in [0.1, 0.15) is 0 Å². The first-order chi connectivity index (χ1) is 8.56. The maximum Gasteiger partial charge on any atom is 0.0302 e. The lowest BCUT2D eigenvalue weighted by atomic mass is 10.2. The Morgan fingerprint density at radius 2 is 2.22 bits per heavy atom. The second kappa shape index (κ2) is 7.72. The Labute approximate surface area is 116 Å². The van der Waals surface area contributed by atoms with Gasteiger partial charge in [0.05, 0.1) is 0 Å². The maximum absolute atomic E-state index is 3.82. The summed E-state index contributed by atoms with van der Waals surface area (Å²) in [6.45, 7) is 16.7. The van der Waals surface area contributed by atoms with Gasteiger partial charge in [-0.05, 0) is 25.1 Å². The highest BCUT2D eigenvalue weighted by molar-refractivity contribution is 7.12. The highest BCUT2D eigenvalue weighted by Gasteiger charge is 2.09. The topological polar surface area (TPSA) is 15.3 Å². The van der Waals surface area contributed by atoms with E-state index in [1.807, 2.05) is 17.4 Å². The Balaban J connectivity index is 2.62. The molecule has 3 heteroatoms. The molecule has 0 saturated heterocycles. The second-order valence-corrected chi connectivity index (χ2v) is 6.29. The first-order valence-electron chi connectivity index (χ1n) is 6.71. The molecule has 0 saturated carbocycles. The average molecular weight is 266 g/mol. The fraction of sp³-hybridized carbons (Fsp3) is 0.600. The molecule has 0 spiro atoms. The molecule has 0 atom stereocenters. The van der Waals surface area contributed by atoms with E-state index in [0.717, 1.165) is 26.2 Å². The van der Waals surface area contributed by atoms with Gasteiger partial charge in [-0.2, -0.15) is 0 Å². The zero-order valence-corrected chi connectivity index (χ0v) is 12.9. The molecule has 0 bridgehead atoms. The third-order valence-electron chi connectivity index (χ3n) is 2.98. The van der Waals surface area contributed by atoms with Crippen LogP contribution < -0.4 is 5.32 Å². The molecular formula is C15H26N2S. The van der Waals surface area contributed by atoms with Crippen LogP contribution in [0.2, 0.25) is 0 Å². The fourth-order valence-corrected chi connectivity index (χ4v) is 2.87. The first kappa shape index (κ1) is 15.4. The van der Waals surface area contributed by atoms with Crippen LogP contribution in [0.25, 0.3) is 0 Å². The van der Waals surface area contributed by atoms with E-state index in [-0.39, 0.29) is 0 Å². The summed E-state index contributed by atoms with van der Waals surface area (Å²) in [6, 6.07) is 2.89. The first-order valence-corrected chi connectivity index (χ1v) is 7.53. The van der Waals surface area contributed by atoms with Gasteiger partial charge in [-0.1, -0.05) is 26.8 Å². The maximum atomic E-state index is 3.82. The average Bonchev–Trinajstić information content (AvgIpc) is 2.67. The highest BCUT2D eigenvalue weighted by Crippen LogP contribution is 2.23. The van der Waals surface area contributed by atoms with Gasteiger partial charge in [-0.25, -0.2) is 0 Å². The summed E-state index contributed by atoms with van der Waals surface area (Å²) < 4.78 is 0. The van der Waals surface area contributed by atoms with Gasteiger partial charge >= 0.3 is 0 Å². The number of aryl methyl sites for hydroxylation is 1. The summed E-state index contributed by atoms with van der Waals surface area (Å²) in [5.41, 5.74) is 1.46. The summed E-state index contributed by atoms with van der Waals surface area (Å²) in [5.74, 6) is 0. The van der Waals surface area contributed by atoms with Gasteiger partial charge in [0, 0.05) is 35.4 Å². The van der Waals surface area contributed by atoms with Crippen molar-refractivity contribution in [2.45, 2.75) is 46.8 Å². The Bertz CT molecular complexity index is 369. The van der Waals surface area contributed by atoms with Crippen molar-refractivity contribution in [3.63, 3.8) is 0 Å². The summed E-state index contributed by atoms with van der Waals surface area (Å²) >= 11 is 1.91. The van der Waals surface area contributed by atoms with Crippen molar-refractivity contribution in [1.82, 2.24) is 10.2 Å². The predicted octanol–water partition coefficient (Wildman–Crippen LogP) is 3.56. The van der Waals surface area contributed by atoms with Crippen molar-refractivity contribution >= 4 is 11.3 Å². The van der Waals surface area contributed by atoms with E-state index in [1.165, 1.54) is 15.3 Å². The second-order valence-electron chi connectivity index (χ2n) is 4.95. The molecule has 0 aliphatic carbocycles. The van der Waals surface area contributed by atoms with Gasteiger partial charge in [0.2, 0.25) is 0 Å². The van der Waals surface area contributed by atoms with Crippen LogP contribution in [-0.2, 0) is 13.1 Å². The van der Waals surface area contributed by atoms with Gasteiger partial charge < -0.3 is 5.32 Å². The Kier molecular flexibility index (Phi) is 6.61. The minimum Gasteiger partial charge on any atom is -0.310 e. The lowest BCUT2D eigenvalue weighted by Crippen LogP contribution is -2.23. The third kappa shape index (κ3) is 4.92. The van der Waals surface area contributed by atoms with Crippen molar-refractivity contribution in [3.8, 4) is 0 Å². The number of thiophene rings is 1. The number of rotatable bonds is 8. The normalized spacial score (nSPS) is 11.4. The minimum atomic E-state index is 0.545. The van der Waals surface area contributed by atoms with Gasteiger partial charge in [0.25, 0.3) is 0 Å². The van der Waals surface area contributed by atoms with Crippen molar-refractivity contribution in [1.29, 1.82) is 0 Å². The highest BCUT2D eigenvalue weighted by atomic mass is 32.1.